The molecule has 0 spiro atoms. The van der Waals surface area contributed by atoms with Crippen LogP contribution in [0.2, 0.25) is 5.02 Å². The number of halogens is 1. The summed E-state index contributed by atoms with van der Waals surface area (Å²) in [4.78, 5) is 0. The van der Waals surface area contributed by atoms with Gasteiger partial charge in [0.15, 0.2) is 0 Å². The van der Waals surface area contributed by atoms with E-state index in [1.54, 1.807) is 0 Å². The van der Waals surface area contributed by atoms with E-state index in [1.165, 1.54) is 0 Å². The molecule has 3 heteroatoms. The third-order valence-electron chi connectivity index (χ3n) is 2.18. The zero-order valence-electron chi connectivity index (χ0n) is 10.2. The Morgan fingerprint density at radius 1 is 1.38 bits per heavy atom. The van der Waals surface area contributed by atoms with Crippen molar-refractivity contribution in [1.29, 1.82) is 0 Å². The summed E-state index contributed by atoms with van der Waals surface area (Å²) in [6.45, 7) is 8.92. The van der Waals surface area contributed by atoms with Gasteiger partial charge in [0.2, 0.25) is 0 Å². The van der Waals surface area contributed by atoms with E-state index in [2.05, 4.69) is 19.2 Å². The van der Waals surface area contributed by atoms with E-state index in [1.807, 2.05) is 25.1 Å². The summed E-state index contributed by atoms with van der Waals surface area (Å²) >= 11 is 6.01. The van der Waals surface area contributed by atoms with Crippen molar-refractivity contribution in [3.63, 3.8) is 0 Å². The van der Waals surface area contributed by atoms with Gasteiger partial charge in [0, 0.05) is 6.54 Å². The Hall–Kier alpha value is -0.730. The topological polar surface area (TPSA) is 21.3 Å². The smallest absolute Gasteiger partial charge is 0.138 e. The van der Waals surface area contributed by atoms with Crippen molar-refractivity contribution in [3.05, 3.63) is 28.8 Å². The molecule has 0 aliphatic heterocycles. The minimum atomic E-state index is 0.649. The van der Waals surface area contributed by atoms with Crippen molar-refractivity contribution in [1.82, 2.24) is 5.32 Å². The highest BCUT2D eigenvalue weighted by atomic mass is 35.5. The van der Waals surface area contributed by atoms with Gasteiger partial charge in [0.05, 0.1) is 5.02 Å². The van der Waals surface area contributed by atoms with Crippen LogP contribution in [0.4, 0.5) is 0 Å². The minimum absolute atomic E-state index is 0.649. The molecule has 16 heavy (non-hydrogen) atoms. The molecule has 0 heterocycles. The van der Waals surface area contributed by atoms with Gasteiger partial charge in [-0.1, -0.05) is 31.5 Å². The molecule has 1 rings (SSSR count). The second-order valence-corrected chi connectivity index (χ2v) is 4.79. The summed E-state index contributed by atoms with van der Waals surface area (Å²) in [6, 6.07) is 5.81. The lowest BCUT2D eigenvalue weighted by Crippen LogP contribution is -2.25. The highest BCUT2D eigenvalue weighted by Crippen LogP contribution is 2.24. The molecule has 0 fully saturated rings. The molecule has 0 aromatic heterocycles. The number of benzene rings is 1. The molecule has 2 nitrogen and oxygen atoms in total. The maximum atomic E-state index is 6.01. The van der Waals surface area contributed by atoms with Gasteiger partial charge in [-0.05, 0) is 37.1 Å². The molecule has 0 atom stereocenters. The van der Waals surface area contributed by atoms with Gasteiger partial charge in [-0.15, -0.1) is 0 Å². The molecule has 0 saturated carbocycles. The number of aryl methyl sites for hydroxylation is 1. The van der Waals surface area contributed by atoms with Crippen LogP contribution in [0.3, 0.4) is 0 Å². The van der Waals surface area contributed by atoms with E-state index >= 15 is 0 Å². The third-order valence-corrected chi connectivity index (χ3v) is 2.49. The summed E-state index contributed by atoms with van der Waals surface area (Å²) in [6.07, 6.45) is 0. The average molecular weight is 242 g/mol. The molecule has 1 aromatic rings. The summed E-state index contributed by atoms with van der Waals surface area (Å²) in [7, 11) is 0. The fourth-order valence-corrected chi connectivity index (χ4v) is 1.52. The highest BCUT2D eigenvalue weighted by molar-refractivity contribution is 6.32. The first-order valence-electron chi connectivity index (χ1n) is 5.69. The van der Waals surface area contributed by atoms with Crippen LogP contribution in [0.5, 0.6) is 5.75 Å². The van der Waals surface area contributed by atoms with Gasteiger partial charge in [0.1, 0.15) is 12.4 Å². The maximum absolute atomic E-state index is 6.01. The Labute approximate surface area is 103 Å². The molecule has 1 aromatic carbocycles. The fraction of sp³-hybridized carbons (Fsp3) is 0.538. The molecule has 0 amide bonds. The van der Waals surface area contributed by atoms with E-state index in [0.717, 1.165) is 24.4 Å². The van der Waals surface area contributed by atoms with Crippen molar-refractivity contribution in [2.45, 2.75) is 20.8 Å². The third kappa shape index (κ3) is 4.86. The molecule has 90 valence electrons. The number of rotatable bonds is 6. The molecular formula is C13H20ClNO. The number of hydrogen-bond donors (Lipinski definition) is 1. The van der Waals surface area contributed by atoms with Crippen molar-refractivity contribution in [2.24, 2.45) is 5.92 Å². The van der Waals surface area contributed by atoms with E-state index in [4.69, 9.17) is 16.3 Å². The van der Waals surface area contributed by atoms with Crippen molar-refractivity contribution >= 4 is 11.6 Å². The number of ether oxygens (including phenoxy) is 1. The van der Waals surface area contributed by atoms with Crippen LogP contribution < -0.4 is 10.1 Å². The molecule has 0 bridgehead atoms. The molecule has 0 radical (unpaired) electrons. The summed E-state index contributed by atoms with van der Waals surface area (Å²) in [5.41, 5.74) is 1.16. The fourth-order valence-electron chi connectivity index (χ4n) is 1.35. The van der Waals surface area contributed by atoms with E-state index in [9.17, 15) is 0 Å². The molecule has 0 aliphatic carbocycles. The van der Waals surface area contributed by atoms with E-state index < -0.39 is 0 Å². The monoisotopic (exact) mass is 241 g/mol. The Bertz CT molecular complexity index is 326. The maximum Gasteiger partial charge on any atom is 0.138 e. The van der Waals surface area contributed by atoms with Crippen LogP contribution in [0.1, 0.15) is 19.4 Å². The van der Waals surface area contributed by atoms with Gasteiger partial charge in [-0.25, -0.2) is 0 Å². The van der Waals surface area contributed by atoms with Crippen molar-refractivity contribution in [2.75, 3.05) is 19.7 Å². The lowest BCUT2D eigenvalue weighted by Gasteiger charge is -2.10. The summed E-state index contributed by atoms with van der Waals surface area (Å²) in [5.74, 6) is 1.44. The van der Waals surface area contributed by atoms with Crippen LogP contribution in [-0.2, 0) is 0 Å². The van der Waals surface area contributed by atoms with E-state index in [0.29, 0.717) is 17.5 Å². The first-order valence-corrected chi connectivity index (χ1v) is 6.07. The van der Waals surface area contributed by atoms with Crippen molar-refractivity contribution < 1.29 is 4.74 Å². The van der Waals surface area contributed by atoms with Crippen LogP contribution in [0.25, 0.3) is 0 Å². The number of hydrogen-bond acceptors (Lipinski definition) is 2. The van der Waals surface area contributed by atoms with Crippen LogP contribution >= 0.6 is 11.6 Å². The van der Waals surface area contributed by atoms with Gasteiger partial charge in [-0.3, -0.25) is 0 Å². The SMILES string of the molecule is Cc1ccc(Cl)c(OCCNCC(C)C)c1. The van der Waals surface area contributed by atoms with Gasteiger partial charge < -0.3 is 10.1 Å². The summed E-state index contributed by atoms with van der Waals surface area (Å²) in [5, 5.41) is 4.00. The van der Waals surface area contributed by atoms with Crippen LogP contribution in [0.15, 0.2) is 18.2 Å². The quantitative estimate of drug-likeness (QED) is 0.772. The Morgan fingerprint density at radius 3 is 2.81 bits per heavy atom. The predicted molar refractivity (Wildman–Crippen MR) is 69.4 cm³/mol. The predicted octanol–water partition coefficient (Wildman–Crippen LogP) is 3.27. The van der Waals surface area contributed by atoms with Gasteiger partial charge >= 0.3 is 0 Å². The lowest BCUT2D eigenvalue weighted by atomic mass is 10.2. The highest BCUT2D eigenvalue weighted by Gasteiger charge is 2.01. The van der Waals surface area contributed by atoms with Crippen LogP contribution in [-0.4, -0.2) is 19.7 Å². The largest absolute Gasteiger partial charge is 0.491 e. The molecule has 0 aliphatic rings. The molecular weight excluding hydrogens is 222 g/mol. The standard InChI is InChI=1S/C13H20ClNO/c1-10(2)9-15-6-7-16-13-8-11(3)4-5-12(13)14/h4-5,8,10,15H,6-7,9H2,1-3H3. The molecule has 0 unspecified atom stereocenters. The second-order valence-electron chi connectivity index (χ2n) is 4.38. The lowest BCUT2D eigenvalue weighted by molar-refractivity contribution is 0.311. The van der Waals surface area contributed by atoms with Crippen LogP contribution in [0, 0.1) is 12.8 Å². The number of nitrogens with one attached hydrogen (secondary N) is 1. The van der Waals surface area contributed by atoms with Gasteiger partial charge in [-0.2, -0.15) is 0 Å². The zero-order valence-corrected chi connectivity index (χ0v) is 11.0. The van der Waals surface area contributed by atoms with Gasteiger partial charge in [0.25, 0.3) is 0 Å². The summed E-state index contributed by atoms with van der Waals surface area (Å²) < 4.78 is 5.60. The normalized spacial score (nSPS) is 10.8. The Morgan fingerprint density at radius 2 is 2.12 bits per heavy atom. The zero-order chi connectivity index (χ0) is 12.0. The second kappa shape index (κ2) is 6.77. The van der Waals surface area contributed by atoms with Crippen molar-refractivity contribution in [3.8, 4) is 5.75 Å². The molecule has 0 saturated heterocycles. The molecule has 1 N–H and O–H groups in total. The van der Waals surface area contributed by atoms with E-state index in [-0.39, 0.29) is 0 Å². The Kier molecular flexibility index (Phi) is 5.64. The Balaban J connectivity index is 2.29. The first kappa shape index (κ1) is 13.3. The first-order chi connectivity index (χ1) is 7.59. The minimum Gasteiger partial charge on any atom is -0.491 e. The average Bonchev–Trinajstić information content (AvgIpc) is 2.22.